The minimum Gasteiger partial charge on any atom is -0.392 e. The summed E-state index contributed by atoms with van der Waals surface area (Å²) >= 11 is 0.885. The van der Waals surface area contributed by atoms with Crippen molar-refractivity contribution in [3.05, 3.63) is 17.0 Å². The Morgan fingerprint density at radius 1 is 1.65 bits per heavy atom. The first-order valence-electron chi connectivity index (χ1n) is 4.80. The van der Waals surface area contributed by atoms with Crippen LogP contribution in [0.5, 0.6) is 0 Å². The molecule has 4 N–H and O–H groups in total. The smallest absolute Gasteiger partial charge is 0.250 e. The maximum Gasteiger partial charge on any atom is 0.250 e. The van der Waals surface area contributed by atoms with E-state index in [1.54, 1.807) is 0 Å². The van der Waals surface area contributed by atoms with Gasteiger partial charge < -0.3 is 10.8 Å². The van der Waals surface area contributed by atoms with E-state index in [2.05, 4.69) is 4.72 Å². The third-order valence-electron chi connectivity index (χ3n) is 2.09. The molecule has 0 aliphatic carbocycles. The van der Waals surface area contributed by atoms with Crippen molar-refractivity contribution in [3.8, 4) is 6.07 Å². The van der Waals surface area contributed by atoms with Gasteiger partial charge in [0.25, 0.3) is 0 Å². The summed E-state index contributed by atoms with van der Waals surface area (Å²) in [7, 11) is -3.65. The molecule has 0 fully saturated rings. The van der Waals surface area contributed by atoms with E-state index in [1.165, 1.54) is 19.1 Å². The van der Waals surface area contributed by atoms with Gasteiger partial charge in [0.15, 0.2) is 0 Å². The molecule has 2 atom stereocenters. The van der Waals surface area contributed by atoms with Gasteiger partial charge in [-0.05, 0) is 19.1 Å². The van der Waals surface area contributed by atoms with Crippen LogP contribution in [0.4, 0.5) is 0 Å². The molecule has 1 aromatic rings. The first kappa shape index (κ1) is 14.1. The van der Waals surface area contributed by atoms with Gasteiger partial charge >= 0.3 is 0 Å². The van der Waals surface area contributed by atoms with Gasteiger partial charge in [0, 0.05) is 12.6 Å². The van der Waals surface area contributed by atoms with Crippen molar-refractivity contribution in [2.75, 3.05) is 6.54 Å². The lowest BCUT2D eigenvalue weighted by molar-refractivity contribution is 0.164. The average molecular weight is 275 g/mol. The van der Waals surface area contributed by atoms with Crippen molar-refractivity contribution in [3.63, 3.8) is 0 Å². The van der Waals surface area contributed by atoms with Crippen LogP contribution in [-0.4, -0.2) is 32.2 Å². The second-order valence-corrected chi connectivity index (χ2v) is 6.56. The summed E-state index contributed by atoms with van der Waals surface area (Å²) in [6.45, 7) is 1.43. The monoisotopic (exact) mass is 275 g/mol. The highest BCUT2D eigenvalue weighted by Crippen LogP contribution is 2.20. The second kappa shape index (κ2) is 5.57. The Labute approximate surface area is 104 Å². The Hall–Kier alpha value is -0.980. The highest BCUT2D eigenvalue weighted by atomic mass is 32.2. The molecule has 0 amide bonds. The van der Waals surface area contributed by atoms with Crippen LogP contribution in [0.3, 0.4) is 0 Å². The zero-order valence-electron chi connectivity index (χ0n) is 9.12. The maximum absolute atomic E-state index is 11.7. The molecule has 0 saturated heterocycles. The molecule has 1 aromatic heterocycles. The summed E-state index contributed by atoms with van der Waals surface area (Å²) in [6.07, 6.45) is -0.796. The van der Waals surface area contributed by atoms with Crippen LogP contribution in [0.2, 0.25) is 0 Å². The van der Waals surface area contributed by atoms with Crippen molar-refractivity contribution in [2.24, 2.45) is 5.73 Å². The summed E-state index contributed by atoms with van der Waals surface area (Å²) in [5.74, 6) is 0. The number of aliphatic hydroxyl groups excluding tert-OH is 1. The first-order chi connectivity index (χ1) is 7.86. The van der Waals surface area contributed by atoms with Crippen LogP contribution in [-0.2, 0) is 10.0 Å². The first-order valence-corrected chi connectivity index (χ1v) is 7.10. The largest absolute Gasteiger partial charge is 0.392 e. The molecule has 6 nitrogen and oxygen atoms in total. The average Bonchev–Trinajstić information content (AvgIpc) is 2.75. The summed E-state index contributed by atoms with van der Waals surface area (Å²) in [6, 6.07) is 4.00. The lowest BCUT2D eigenvalue weighted by Crippen LogP contribution is -2.43. The molecule has 0 aliphatic rings. The molecule has 0 saturated carbocycles. The quantitative estimate of drug-likeness (QED) is 0.676. The normalized spacial score (nSPS) is 15.2. The molecule has 17 heavy (non-hydrogen) atoms. The number of thiophene rings is 1. The van der Waals surface area contributed by atoms with Gasteiger partial charge in [0.1, 0.15) is 15.2 Å². The summed E-state index contributed by atoms with van der Waals surface area (Å²) in [5.41, 5.74) is 5.51. The second-order valence-electron chi connectivity index (χ2n) is 3.49. The standard InChI is InChI=1S/C9H13N3O3S2/c1-6(13)8(11)5-12-17(14,15)9-3-2-7(4-10)16-9/h2-3,6,8,12-13H,5,11H2,1H3. The van der Waals surface area contributed by atoms with Crippen molar-refractivity contribution in [2.45, 2.75) is 23.3 Å². The molecule has 8 heteroatoms. The van der Waals surface area contributed by atoms with Crippen LogP contribution in [0, 0.1) is 11.3 Å². The van der Waals surface area contributed by atoms with Crippen LogP contribution in [0.15, 0.2) is 16.3 Å². The van der Waals surface area contributed by atoms with Crippen LogP contribution in [0.1, 0.15) is 11.8 Å². The number of rotatable bonds is 5. The van der Waals surface area contributed by atoms with Gasteiger partial charge in [0.2, 0.25) is 10.0 Å². The molecule has 1 heterocycles. The van der Waals surface area contributed by atoms with E-state index < -0.39 is 22.2 Å². The molecular weight excluding hydrogens is 262 g/mol. The number of nitrogens with zero attached hydrogens (tertiary/aromatic N) is 1. The van der Waals surface area contributed by atoms with Gasteiger partial charge in [0.05, 0.1) is 6.10 Å². The van der Waals surface area contributed by atoms with Crippen molar-refractivity contribution in [1.82, 2.24) is 4.72 Å². The van der Waals surface area contributed by atoms with Gasteiger partial charge in [-0.15, -0.1) is 11.3 Å². The SMILES string of the molecule is CC(O)C(N)CNS(=O)(=O)c1ccc(C#N)s1. The number of hydrogen-bond acceptors (Lipinski definition) is 6. The minimum absolute atomic E-state index is 0.0558. The predicted molar refractivity (Wildman–Crippen MR) is 63.9 cm³/mol. The Morgan fingerprint density at radius 3 is 2.76 bits per heavy atom. The van der Waals surface area contributed by atoms with Gasteiger partial charge in [-0.3, -0.25) is 0 Å². The number of aliphatic hydroxyl groups is 1. The fourth-order valence-electron chi connectivity index (χ4n) is 0.972. The van der Waals surface area contributed by atoms with E-state index in [0.717, 1.165) is 11.3 Å². The molecule has 0 bridgehead atoms. The number of hydrogen-bond donors (Lipinski definition) is 3. The minimum atomic E-state index is -3.65. The van der Waals surface area contributed by atoms with E-state index in [4.69, 9.17) is 16.1 Å². The molecular formula is C9H13N3O3S2. The van der Waals surface area contributed by atoms with Gasteiger partial charge in [-0.25, -0.2) is 13.1 Å². The van der Waals surface area contributed by atoms with Gasteiger partial charge in [-0.2, -0.15) is 5.26 Å². The van der Waals surface area contributed by atoms with E-state index in [-0.39, 0.29) is 10.8 Å². The van der Waals surface area contributed by atoms with E-state index in [1.807, 2.05) is 6.07 Å². The van der Waals surface area contributed by atoms with E-state index in [9.17, 15) is 8.42 Å². The summed E-state index contributed by atoms with van der Waals surface area (Å²) < 4.78 is 25.8. The van der Waals surface area contributed by atoms with E-state index >= 15 is 0 Å². The lowest BCUT2D eigenvalue weighted by atomic mass is 10.2. The Kier molecular flexibility index (Phi) is 4.62. The number of nitriles is 1. The van der Waals surface area contributed by atoms with Crippen LogP contribution in [0.25, 0.3) is 0 Å². The molecule has 2 unspecified atom stereocenters. The third kappa shape index (κ3) is 3.76. The van der Waals surface area contributed by atoms with Gasteiger partial charge in [-0.1, -0.05) is 0 Å². The third-order valence-corrected chi connectivity index (χ3v) is 4.99. The molecule has 0 spiro atoms. The number of sulfonamides is 1. The van der Waals surface area contributed by atoms with Crippen molar-refractivity contribution < 1.29 is 13.5 Å². The molecule has 0 aromatic carbocycles. The Bertz CT molecular complexity index is 516. The van der Waals surface area contributed by atoms with Crippen LogP contribution >= 0.6 is 11.3 Å². The summed E-state index contributed by atoms with van der Waals surface area (Å²) in [4.78, 5) is 0.324. The summed E-state index contributed by atoms with van der Waals surface area (Å²) in [5, 5.41) is 17.7. The topological polar surface area (TPSA) is 116 Å². The molecule has 1 rings (SSSR count). The maximum atomic E-state index is 11.7. The number of nitrogens with two attached hydrogens (primary N) is 1. The zero-order valence-corrected chi connectivity index (χ0v) is 10.8. The number of nitrogens with one attached hydrogen (secondary N) is 1. The van der Waals surface area contributed by atoms with E-state index in [0.29, 0.717) is 4.88 Å². The molecule has 94 valence electrons. The highest BCUT2D eigenvalue weighted by molar-refractivity contribution is 7.91. The van der Waals surface area contributed by atoms with Crippen LogP contribution < -0.4 is 10.5 Å². The lowest BCUT2D eigenvalue weighted by Gasteiger charge is -2.14. The fraction of sp³-hybridized carbons (Fsp3) is 0.444. The predicted octanol–water partition coefficient (Wildman–Crippen LogP) is -0.394. The van der Waals surface area contributed by atoms with Crippen molar-refractivity contribution >= 4 is 21.4 Å². The fourth-order valence-corrected chi connectivity index (χ4v) is 3.19. The highest BCUT2D eigenvalue weighted by Gasteiger charge is 2.19. The van der Waals surface area contributed by atoms with Crippen molar-refractivity contribution in [1.29, 1.82) is 5.26 Å². The molecule has 0 aliphatic heterocycles. The Morgan fingerprint density at radius 2 is 2.29 bits per heavy atom. The zero-order chi connectivity index (χ0) is 13.1. The Balaban J connectivity index is 2.73. The molecule has 0 radical (unpaired) electrons.